The molecular formula is C10H14FN3O3S. The Morgan fingerprint density at radius 3 is 2.72 bits per heavy atom. The van der Waals surface area contributed by atoms with E-state index in [1.807, 2.05) is 6.92 Å². The van der Waals surface area contributed by atoms with Gasteiger partial charge < -0.3 is 11.1 Å². The van der Waals surface area contributed by atoms with Gasteiger partial charge in [0.1, 0.15) is 10.7 Å². The first-order valence-corrected chi connectivity index (χ1v) is 6.71. The van der Waals surface area contributed by atoms with Crippen LogP contribution in [0.2, 0.25) is 0 Å². The predicted octanol–water partition coefficient (Wildman–Crippen LogP) is 0.806. The average Bonchev–Trinajstić information content (AvgIpc) is 2.29. The Bertz CT molecular complexity index is 545. The van der Waals surface area contributed by atoms with Gasteiger partial charge in [0.05, 0.1) is 5.69 Å². The molecule has 0 aliphatic heterocycles. The fourth-order valence-corrected chi connectivity index (χ4v) is 2.26. The second kappa shape index (κ2) is 5.67. The lowest BCUT2D eigenvalue weighted by Crippen LogP contribution is -2.39. The van der Waals surface area contributed by atoms with Gasteiger partial charge in [-0.3, -0.25) is 0 Å². The third kappa shape index (κ3) is 3.59. The van der Waals surface area contributed by atoms with E-state index in [-0.39, 0.29) is 5.69 Å². The molecule has 0 heterocycles. The highest BCUT2D eigenvalue weighted by Gasteiger charge is 2.20. The van der Waals surface area contributed by atoms with Crippen LogP contribution in [0.5, 0.6) is 0 Å². The Morgan fingerprint density at radius 1 is 1.44 bits per heavy atom. The first-order chi connectivity index (χ1) is 8.36. The number of carbonyl (C=O) groups is 1. The monoisotopic (exact) mass is 275 g/mol. The zero-order chi connectivity index (χ0) is 13.8. The van der Waals surface area contributed by atoms with Crippen LogP contribution in [0.25, 0.3) is 0 Å². The van der Waals surface area contributed by atoms with E-state index in [9.17, 15) is 17.6 Å². The molecule has 0 aliphatic carbocycles. The molecule has 8 heteroatoms. The van der Waals surface area contributed by atoms with E-state index in [1.54, 1.807) is 4.72 Å². The van der Waals surface area contributed by atoms with Crippen molar-refractivity contribution in [3.8, 4) is 0 Å². The molecule has 1 aromatic rings. The van der Waals surface area contributed by atoms with Crippen LogP contribution >= 0.6 is 0 Å². The van der Waals surface area contributed by atoms with Gasteiger partial charge in [-0.1, -0.05) is 6.92 Å². The lowest BCUT2D eigenvalue weighted by Gasteiger charge is -2.09. The Hall–Kier alpha value is -1.83. The Balaban J connectivity index is 2.93. The van der Waals surface area contributed by atoms with E-state index in [2.05, 4.69) is 5.32 Å². The quantitative estimate of drug-likeness (QED) is 0.707. The summed E-state index contributed by atoms with van der Waals surface area (Å²) >= 11 is 0. The van der Waals surface area contributed by atoms with Crippen LogP contribution in [0, 0.1) is 5.82 Å². The highest BCUT2D eigenvalue weighted by molar-refractivity contribution is 7.90. The van der Waals surface area contributed by atoms with Gasteiger partial charge in [-0.25, -0.2) is 22.3 Å². The largest absolute Gasteiger partial charge is 0.398 e. The van der Waals surface area contributed by atoms with E-state index >= 15 is 0 Å². The van der Waals surface area contributed by atoms with Crippen molar-refractivity contribution in [2.24, 2.45) is 0 Å². The molecule has 0 atom stereocenters. The number of hydrogen-bond acceptors (Lipinski definition) is 4. The molecule has 0 aliphatic rings. The molecule has 0 saturated heterocycles. The maximum absolute atomic E-state index is 13.0. The van der Waals surface area contributed by atoms with Gasteiger partial charge in [0.2, 0.25) is 0 Å². The number of amides is 2. The van der Waals surface area contributed by atoms with Crippen molar-refractivity contribution >= 4 is 21.7 Å². The number of nitrogen functional groups attached to an aromatic ring is 1. The number of benzene rings is 1. The molecule has 100 valence electrons. The van der Waals surface area contributed by atoms with Gasteiger partial charge in [-0.05, 0) is 24.6 Å². The zero-order valence-corrected chi connectivity index (χ0v) is 10.6. The van der Waals surface area contributed by atoms with Crippen molar-refractivity contribution in [2.45, 2.75) is 18.2 Å². The molecule has 0 saturated carbocycles. The Morgan fingerprint density at radius 2 is 2.11 bits per heavy atom. The van der Waals surface area contributed by atoms with E-state index in [4.69, 9.17) is 5.73 Å². The third-order valence-corrected chi connectivity index (χ3v) is 3.41. The molecule has 1 rings (SSSR count). The van der Waals surface area contributed by atoms with Crippen molar-refractivity contribution in [3.63, 3.8) is 0 Å². The minimum Gasteiger partial charge on any atom is -0.398 e. The van der Waals surface area contributed by atoms with Crippen LogP contribution in [0.4, 0.5) is 14.9 Å². The summed E-state index contributed by atoms with van der Waals surface area (Å²) in [7, 11) is -4.17. The van der Waals surface area contributed by atoms with Crippen molar-refractivity contribution in [1.82, 2.24) is 10.0 Å². The summed E-state index contributed by atoms with van der Waals surface area (Å²) in [6.07, 6.45) is 0.662. The molecule has 2 amide bonds. The van der Waals surface area contributed by atoms with Crippen molar-refractivity contribution < 1.29 is 17.6 Å². The van der Waals surface area contributed by atoms with Crippen LogP contribution in [0.15, 0.2) is 23.1 Å². The fourth-order valence-electron chi connectivity index (χ4n) is 1.19. The number of sulfonamides is 1. The van der Waals surface area contributed by atoms with E-state index < -0.39 is 26.8 Å². The number of carbonyl (C=O) groups excluding carboxylic acids is 1. The molecule has 0 unspecified atom stereocenters. The lowest BCUT2D eigenvalue weighted by atomic mass is 10.3. The summed E-state index contributed by atoms with van der Waals surface area (Å²) in [5.41, 5.74) is 5.30. The molecule has 6 nitrogen and oxygen atoms in total. The molecule has 0 radical (unpaired) electrons. The zero-order valence-electron chi connectivity index (χ0n) is 9.73. The number of anilines is 1. The van der Waals surface area contributed by atoms with Crippen molar-refractivity contribution in [2.75, 3.05) is 12.3 Å². The molecule has 0 bridgehead atoms. The molecule has 0 aromatic heterocycles. The molecular weight excluding hydrogens is 261 g/mol. The van der Waals surface area contributed by atoms with Crippen LogP contribution < -0.4 is 15.8 Å². The first-order valence-electron chi connectivity index (χ1n) is 5.22. The standard InChI is InChI=1S/C10H14FN3O3S/c1-2-5-13-10(15)14-18(16,17)9-6-7(11)3-4-8(9)12/h3-4,6H,2,5,12H2,1H3,(H2,13,14,15). The lowest BCUT2D eigenvalue weighted by molar-refractivity contribution is 0.246. The van der Waals surface area contributed by atoms with Gasteiger partial charge in [0.15, 0.2) is 0 Å². The summed E-state index contributed by atoms with van der Waals surface area (Å²) < 4.78 is 38.2. The van der Waals surface area contributed by atoms with E-state index in [0.717, 1.165) is 18.2 Å². The van der Waals surface area contributed by atoms with Crippen molar-refractivity contribution in [3.05, 3.63) is 24.0 Å². The van der Waals surface area contributed by atoms with E-state index in [0.29, 0.717) is 13.0 Å². The second-order valence-electron chi connectivity index (χ2n) is 3.54. The number of nitrogens with two attached hydrogens (primary N) is 1. The highest BCUT2D eigenvalue weighted by atomic mass is 32.2. The van der Waals surface area contributed by atoms with Crippen molar-refractivity contribution in [1.29, 1.82) is 0 Å². The molecule has 18 heavy (non-hydrogen) atoms. The minimum absolute atomic E-state index is 0.132. The number of hydrogen-bond donors (Lipinski definition) is 3. The normalized spacial score (nSPS) is 11.0. The summed E-state index contributed by atoms with van der Waals surface area (Å²) in [6, 6.07) is 2.03. The summed E-state index contributed by atoms with van der Waals surface area (Å²) in [6.45, 7) is 2.15. The summed E-state index contributed by atoms with van der Waals surface area (Å²) in [5.74, 6) is -0.751. The number of rotatable bonds is 4. The average molecular weight is 275 g/mol. The number of nitrogens with one attached hydrogen (secondary N) is 2. The van der Waals surface area contributed by atoms with Gasteiger partial charge >= 0.3 is 6.03 Å². The van der Waals surface area contributed by atoms with Crippen LogP contribution in [0.1, 0.15) is 13.3 Å². The Labute approximate surface area is 104 Å². The van der Waals surface area contributed by atoms with Crippen LogP contribution in [-0.2, 0) is 10.0 Å². The number of halogens is 1. The molecule has 0 spiro atoms. The smallest absolute Gasteiger partial charge is 0.328 e. The van der Waals surface area contributed by atoms with Gasteiger partial charge in [0.25, 0.3) is 10.0 Å². The van der Waals surface area contributed by atoms with E-state index in [1.165, 1.54) is 0 Å². The highest BCUT2D eigenvalue weighted by Crippen LogP contribution is 2.18. The molecule has 1 aromatic carbocycles. The fraction of sp³-hybridized carbons (Fsp3) is 0.300. The first kappa shape index (κ1) is 14.2. The third-order valence-electron chi connectivity index (χ3n) is 2.03. The second-order valence-corrected chi connectivity index (χ2v) is 5.19. The molecule has 4 N–H and O–H groups in total. The maximum atomic E-state index is 13.0. The van der Waals surface area contributed by atoms with Gasteiger partial charge in [0, 0.05) is 6.54 Å². The topological polar surface area (TPSA) is 101 Å². The SMILES string of the molecule is CCCNC(=O)NS(=O)(=O)c1cc(F)ccc1N. The Kier molecular flexibility index (Phi) is 4.49. The predicted molar refractivity (Wildman–Crippen MR) is 64.8 cm³/mol. The minimum atomic E-state index is -4.17. The van der Waals surface area contributed by atoms with Crippen LogP contribution in [-0.4, -0.2) is 21.0 Å². The van der Waals surface area contributed by atoms with Gasteiger partial charge in [-0.2, -0.15) is 0 Å². The number of urea groups is 1. The maximum Gasteiger partial charge on any atom is 0.328 e. The van der Waals surface area contributed by atoms with Gasteiger partial charge in [-0.15, -0.1) is 0 Å². The van der Waals surface area contributed by atoms with Crippen LogP contribution in [0.3, 0.4) is 0 Å². The summed E-state index contributed by atoms with van der Waals surface area (Å²) in [4.78, 5) is 10.8. The molecule has 0 fully saturated rings. The summed E-state index contributed by atoms with van der Waals surface area (Å²) in [5, 5.41) is 2.33.